The minimum Gasteiger partial charge on any atom is -0.300 e. The highest BCUT2D eigenvalue weighted by atomic mass is 32.2. The van der Waals surface area contributed by atoms with Gasteiger partial charge in [-0.1, -0.05) is 0 Å². The molecule has 2 heterocycles. The number of amides is 1. The molecule has 1 aromatic carbocycles. The van der Waals surface area contributed by atoms with E-state index in [9.17, 15) is 9.18 Å². The number of rotatable bonds is 2. The Bertz CT molecular complexity index is 749. The Morgan fingerprint density at radius 2 is 2.14 bits per heavy atom. The summed E-state index contributed by atoms with van der Waals surface area (Å²) in [4.78, 5) is 16.6. The van der Waals surface area contributed by atoms with Gasteiger partial charge in [-0.25, -0.2) is 9.38 Å². The maximum atomic E-state index is 12.9. The number of benzene rings is 1. The lowest BCUT2D eigenvalue weighted by molar-refractivity contribution is 0.265. The lowest BCUT2D eigenvalue weighted by Crippen LogP contribution is -2.18. The highest BCUT2D eigenvalue weighted by molar-refractivity contribution is 8.18. The van der Waals surface area contributed by atoms with Gasteiger partial charge in [-0.2, -0.15) is 5.10 Å². The third-order valence-corrected chi connectivity index (χ3v) is 3.57. The zero-order chi connectivity index (χ0) is 14.8. The first-order chi connectivity index (χ1) is 10.1. The first-order valence-corrected chi connectivity index (χ1v) is 6.95. The molecule has 0 aliphatic carbocycles. The van der Waals surface area contributed by atoms with Crippen molar-refractivity contribution in [2.24, 2.45) is 12.0 Å². The Kier molecular flexibility index (Phi) is 3.57. The molecule has 0 saturated carbocycles. The predicted molar refractivity (Wildman–Crippen MR) is 80.8 cm³/mol. The highest BCUT2D eigenvalue weighted by Crippen LogP contribution is 2.28. The van der Waals surface area contributed by atoms with Gasteiger partial charge in [0.1, 0.15) is 11.7 Å². The first kappa shape index (κ1) is 13.6. The van der Waals surface area contributed by atoms with Crippen molar-refractivity contribution in [1.82, 2.24) is 15.1 Å². The van der Waals surface area contributed by atoms with E-state index in [4.69, 9.17) is 0 Å². The molecule has 1 aliphatic rings. The van der Waals surface area contributed by atoms with Gasteiger partial charge in [-0.15, -0.1) is 0 Å². The van der Waals surface area contributed by atoms with Crippen molar-refractivity contribution in [1.29, 1.82) is 0 Å². The topological polar surface area (TPSA) is 59.3 Å². The van der Waals surface area contributed by atoms with Gasteiger partial charge in [0.25, 0.3) is 5.24 Å². The van der Waals surface area contributed by atoms with Crippen LogP contribution in [0, 0.1) is 5.82 Å². The molecule has 1 N–H and O–H groups in total. The van der Waals surface area contributed by atoms with E-state index in [-0.39, 0.29) is 11.1 Å². The number of hydrogen-bond acceptors (Lipinski definition) is 4. The average Bonchev–Trinajstić information content (AvgIpc) is 2.99. The molecule has 1 aliphatic heterocycles. The van der Waals surface area contributed by atoms with E-state index in [0.717, 1.165) is 17.3 Å². The SMILES string of the molecule is Cn1cc(/C=C2/SC(=O)NC2=Nc2ccc(F)cc2)cn1. The van der Waals surface area contributed by atoms with E-state index in [0.29, 0.717) is 16.4 Å². The number of nitrogens with zero attached hydrogens (tertiary/aromatic N) is 3. The molecule has 0 unspecified atom stereocenters. The molecule has 0 atom stereocenters. The molecule has 1 saturated heterocycles. The minimum absolute atomic E-state index is 0.189. The summed E-state index contributed by atoms with van der Waals surface area (Å²) in [6, 6.07) is 5.76. The van der Waals surface area contributed by atoms with Crippen LogP contribution in [0.3, 0.4) is 0 Å². The van der Waals surface area contributed by atoms with Crippen LogP contribution in [0.15, 0.2) is 46.6 Å². The van der Waals surface area contributed by atoms with Crippen molar-refractivity contribution in [3.8, 4) is 0 Å². The summed E-state index contributed by atoms with van der Waals surface area (Å²) in [7, 11) is 1.82. The van der Waals surface area contributed by atoms with Gasteiger partial charge in [0.15, 0.2) is 0 Å². The summed E-state index contributed by atoms with van der Waals surface area (Å²) >= 11 is 1.07. The quantitative estimate of drug-likeness (QED) is 0.927. The molecule has 2 aromatic rings. The van der Waals surface area contributed by atoms with Crippen LogP contribution in [-0.4, -0.2) is 20.9 Å². The molecule has 1 fully saturated rings. The van der Waals surface area contributed by atoms with Crippen molar-refractivity contribution >= 4 is 34.6 Å². The van der Waals surface area contributed by atoms with Gasteiger partial charge in [-0.3, -0.25) is 9.48 Å². The van der Waals surface area contributed by atoms with Crippen LogP contribution >= 0.6 is 11.8 Å². The van der Waals surface area contributed by atoms with Crippen LogP contribution in [-0.2, 0) is 7.05 Å². The molecular formula is C14H11FN4OS. The molecule has 106 valence electrons. The summed E-state index contributed by atoms with van der Waals surface area (Å²) < 4.78 is 14.6. The minimum atomic E-state index is -0.324. The van der Waals surface area contributed by atoms with Crippen LogP contribution in [0.5, 0.6) is 0 Å². The van der Waals surface area contributed by atoms with E-state index in [1.807, 2.05) is 19.3 Å². The number of nitrogens with one attached hydrogen (secondary N) is 1. The van der Waals surface area contributed by atoms with Crippen molar-refractivity contribution in [2.75, 3.05) is 0 Å². The van der Waals surface area contributed by atoms with Crippen LogP contribution in [0.25, 0.3) is 6.08 Å². The maximum absolute atomic E-state index is 12.9. The molecule has 1 amide bonds. The third kappa shape index (κ3) is 3.19. The number of carbonyl (C=O) groups is 1. The van der Waals surface area contributed by atoms with Crippen LogP contribution in [0.2, 0.25) is 0 Å². The fourth-order valence-corrected chi connectivity index (χ4v) is 2.56. The largest absolute Gasteiger partial charge is 0.300 e. The van der Waals surface area contributed by atoms with Gasteiger partial charge in [0, 0.05) is 18.8 Å². The van der Waals surface area contributed by atoms with Crippen molar-refractivity contribution in [2.45, 2.75) is 0 Å². The standard InChI is InChI=1S/C14H11FN4OS/c1-19-8-9(7-16-19)6-12-13(18-14(20)21-12)17-11-4-2-10(15)3-5-11/h2-8H,1H3,(H,17,18,20)/b12-6+. The number of hydrogen-bond donors (Lipinski definition) is 1. The van der Waals surface area contributed by atoms with E-state index in [2.05, 4.69) is 15.4 Å². The third-order valence-electron chi connectivity index (χ3n) is 2.75. The number of carbonyl (C=O) groups excluding carboxylic acids is 1. The normalized spacial score (nSPS) is 18.5. The van der Waals surface area contributed by atoms with E-state index in [1.54, 1.807) is 23.0 Å². The first-order valence-electron chi connectivity index (χ1n) is 6.14. The van der Waals surface area contributed by atoms with E-state index in [1.165, 1.54) is 12.1 Å². The lowest BCUT2D eigenvalue weighted by atomic mass is 10.3. The van der Waals surface area contributed by atoms with Crippen LogP contribution in [0.1, 0.15) is 5.56 Å². The second-order valence-electron chi connectivity index (χ2n) is 4.41. The summed E-state index contributed by atoms with van der Waals surface area (Å²) in [6.45, 7) is 0. The van der Waals surface area contributed by atoms with Crippen molar-refractivity contribution in [3.05, 3.63) is 52.9 Å². The molecule has 1 aromatic heterocycles. The molecule has 7 heteroatoms. The number of halogens is 1. The smallest absolute Gasteiger partial charge is 0.289 e. The van der Waals surface area contributed by atoms with Crippen LogP contribution < -0.4 is 5.32 Å². The zero-order valence-corrected chi connectivity index (χ0v) is 11.9. The summed E-state index contributed by atoms with van der Waals surface area (Å²) in [6.07, 6.45) is 5.37. The second kappa shape index (κ2) is 5.53. The summed E-state index contributed by atoms with van der Waals surface area (Å²) in [5, 5.41) is 6.56. The number of amidine groups is 1. The lowest BCUT2D eigenvalue weighted by Gasteiger charge is -1.99. The predicted octanol–water partition coefficient (Wildman–Crippen LogP) is 3.09. The van der Waals surface area contributed by atoms with Crippen molar-refractivity contribution < 1.29 is 9.18 Å². The van der Waals surface area contributed by atoms with E-state index >= 15 is 0 Å². The monoisotopic (exact) mass is 302 g/mol. The zero-order valence-electron chi connectivity index (χ0n) is 11.1. The summed E-state index contributed by atoms with van der Waals surface area (Å²) in [5.41, 5.74) is 1.45. The fraction of sp³-hybridized carbons (Fsp3) is 0.0714. The maximum Gasteiger partial charge on any atom is 0.289 e. The molecule has 21 heavy (non-hydrogen) atoms. The van der Waals surface area contributed by atoms with Crippen molar-refractivity contribution in [3.63, 3.8) is 0 Å². The Labute approximate surface area is 124 Å². The fourth-order valence-electron chi connectivity index (χ4n) is 1.82. The second-order valence-corrected chi connectivity index (χ2v) is 5.42. The molecular weight excluding hydrogens is 291 g/mol. The summed E-state index contributed by atoms with van der Waals surface area (Å²) in [5.74, 6) is 0.135. The van der Waals surface area contributed by atoms with Gasteiger partial charge in [0.05, 0.1) is 16.8 Å². The van der Waals surface area contributed by atoms with Gasteiger partial charge < -0.3 is 5.32 Å². The Morgan fingerprint density at radius 1 is 1.38 bits per heavy atom. The Balaban J connectivity index is 1.94. The Morgan fingerprint density at radius 3 is 2.81 bits per heavy atom. The average molecular weight is 302 g/mol. The Hall–Kier alpha value is -2.41. The number of aliphatic imine (C=N–C) groups is 1. The van der Waals surface area contributed by atoms with Gasteiger partial charge in [0.2, 0.25) is 0 Å². The van der Waals surface area contributed by atoms with Crippen LogP contribution in [0.4, 0.5) is 14.9 Å². The van der Waals surface area contributed by atoms with Gasteiger partial charge >= 0.3 is 0 Å². The molecule has 0 radical (unpaired) electrons. The highest BCUT2D eigenvalue weighted by Gasteiger charge is 2.23. The molecule has 5 nitrogen and oxygen atoms in total. The molecule has 0 spiro atoms. The van der Waals surface area contributed by atoms with Gasteiger partial charge in [-0.05, 0) is 42.1 Å². The van der Waals surface area contributed by atoms with E-state index < -0.39 is 0 Å². The number of aromatic nitrogens is 2. The molecule has 3 rings (SSSR count). The molecule has 0 bridgehead atoms. The number of thioether (sulfide) groups is 1. The number of aryl methyl sites for hydroxylation is 1.